The zero-order valence-corrected chi connectivity index (χ0v) is 26.7. The minimum Gasteiger partial charge on any atom is -0.462 e. The third-order valence-electron chi connectivity index (χ3n) is 13.2. The molecule has 41 heavy (non-hydrogen) atoms. The Morgan fingerprint density at radius 3 is 2.15 bits per heavy atom. The largest absolute Gasteiger partial charge is 0.462 e. The Morgan fingerprint density at radius 2 is 1.59 bits per heavy atom. The van der Waals surface area contributed by atoms with Gasteiger partial charge in [0.05, 0.1) is 18.4 Å². The van der Waals surface area contributed by atoms with Crippen LogP contribution in [-0.4, -0.2) is 47.4 Å². The normalized spacial score (nSPS) is 46.2. The van der Waals surface area contributed by atoms with Gasteiger partial charge < -0.3 is 19.4 Å². The fourth-order valence-electron chi connectivity index (χ4n) is 11.0. The molecule has 0 aliphatic heterocycles. The van der Waals surface area contributed by atoms with Gasteiger partial charge in [-0.05, 0) is 85.9 Å². The fourth-order valence-corrected chi connectivity index (χ4v) is 11.0. The number of aliphatic hydroxyl groups is 1. The molecule has 4 rings (SSSR count). The zero-order chi connectivity index (χ0) is 30.5. The van der Waals surface area contributed by atoms with Crippen molar-refractivity contribution in [2.45, 2.75) is 138 Å². The zero-order valence-electron chi connectivity index (χ0n) is 26.7. The van der Waals surface area contributed by atoms with Gasteiger partial charge in [-0.25, -0.2) is 0 Å². The van der Waals surface area contributed by atoms with E-state index in [2.05, 4.69) is 27.7 Å². The number of esters is 2. The molecule has 7 heteroatoms. The molecule has 1 N–H and O–H groups in total. The van der Waals surface area contributed by atoms with Crippen LogP contribution in [-0.2, 0) is 28.7 Å². The van der Waals surface area contributed by atoms with E-state index in [4.69, 9.17) is 9.47 Å². The number of hydrogen-bond acceptors (Lipinski definition) is 7. The molecular formula is C34H54O7. The molecule has 4 unspecified atom stereocenters. The molecule has 4 aliphatic carbocycles. The molecule has 4 aliphatic rings. The highest BCUT2D eigenvalue weighted by Gasteiger charge is 2.71. The number of carbonyl (C=O) groups is 4. The standard InChI is InChI=1S/C34H54O7/c1-9-22(38)16-29(39)41-24-17-27-33(7)15-12-25-31(5,10-2)13-11-14-32(25,6)26(33)18-28(40-21(4)37)34(27,8)23(19-35)30(24)20(3)36/h19,22-28,30,38H,9-18H2,1-8H3/t22?,23-,24-,25?,26?,27?,28-,30-,31-,32-,33+,34+/m0/s1. The van der Waals surface area contributed by atoms with Crippen molar-refractivity contribution in [2.75, 3.05) is 0 Å². The molecule has 0 aromatic heterocycles. The second kappa shape index (κ2) is 11.4. The van der Waals surface area contributed by atoms with Crippen molar-refractivity contribution in [3.8, 4) is 0 Å². The van der Waals surface area contributed by atoms with Crippen LogP contribution in [0.15, 0.2) is 0 Å². The molecular weight excluding hydrogens is 520 g/mol. The van der Waals surface area contributed by atoms with Gasteiger partial charge in [-0.1, -0.05) is 54.4 Å². The van der Waals surface area contributed by atoms with E-state index in [0.29, 0.717) is 25.2 Å². The lowest BCUT2D eigenvalue weighted by atomic mass is 9.33. The highest BCUT2D eigenvalue weighted by atomic mass is 16.5. The molecule has 232 valence electrons. The number of hydrogen-bond donors (Lipinski definition) is 1. The Balaban J connectivity index is 1.83. The first kappa shape index (κ1) is 32.2. The maximum absolute atomic E-state index is 13.2. The molecule has 0 amide bonds. The van der Waals surface area contributed by atoms with Crippen LogP contribution in [0.1, 0.15) is 120 Å². The van der Waals surface area contributed by atoms with E-state index in [-0.39, 0.29) is 46.3 Å². The van der Waals surface area contributed by atoms with Gasteiger partial charge in [0.25, 0.3) is 0 Å². The third-order valence-corrected chi connectivity index (χ3v) is 13.2. The Labute approximate surface area is 246 Å². The maximum atomic E-state index is 13.2. The number of carbonyl (C=O) groups excluding carboxylic acids is 4. The number of Topliss-reactive ketones (excluding diaryl/α,β-unsaturated/α-hetero) is 1. The molecule has 0 spiro atoms. The van der Waals surface area contributed by atoms with Crippen molar-refractivity contribution < 1.29 is 33.8 Å². The SMILES string of the molecule is CCC(O)CC(=O)O[C@H]1CC2[C@]3(C)CCC4[C@@](C)(CC)CCC[C@]4(C)C3C[C@H](OC(C)=O)[C@]2(C)[C@@H](C=O)[C@@H]1C(C)=O. The summed E-state index contributed by atoms with van der Waals surface area (Å²) in [5, 5.41) is 10.1. The summed E-state index contributed by atoms with van der Waals surface area (Å²) in [6.07, 6.45) is 6.95. The second-order valence-corrected chi connectivity index (χ2v) is 15.1. The van der Waals surface area contributed by atoms with E-state index in [0.717, 1.165) is 32.0 Å². The number of ketones is 1. The second-order valence-electron chi connectivity index (χ2n) is 15.1. The molecule has 7 nitrogen and oxygen atoms in total. The molecule has 4 fully saturated rings. The summed E-state index contributed by atoms with van der Waals surface area (Å²) in [6, 6.07) is 0. The summed E-state index contributed by atoms with van der Waals surface area (Å²) in [5.41, 5.74) is -0.630. The number of ether oxygens (including phenoxy) is 2. The van der Waals surface area contributed by atoms with Crippen LogP contribution in [0, 0.1) is 51.2 Å². The Kier molecular flexibility index (Phi) is 8.93. The lowest BCUT2D eigenvalue weighted by molar-refractivity contribution is -0.264. The quantitative estimate of drug-likeness (QED) is 0.277. The van der Waals surface area contributed by atoms with Crippen LogP contribution in [0.2, 0.25) is 0 Å². The first-order valence-electron chi connectivity index (χ1n) is 16.1. The average Bonchev–Trinajstić information content (AvgIpc) is 2.89. The number of rotatable bonds is 8. The van der Waals surface area contributed by atoms with Gasteiger partial charge in [0.2, 0.25) is 0 Å². The molecule has 0 bridgehead atoms. The van der Waals surface area contributed by atoms with E-state index < -0.39 is 41.5 Å². The summed E-state index contributed by atoms with van der Waals surface area (Å²) in [4.78, 5) is 51.7. The monoisotopic (exact) mass is 574 g/mol. The number of aldehydes is 1. The molecule has 4 saturated carbocycles. The lowest BCUT2D eigenvalue weighted by Crippen LogP contribution is -2.70. The van der Waals surface area contributed by atoms with Gasteiger partial charge in [0.1, 0.15) is 24.3 Å². The van der Waals surface area contributed by atoms with Crippen molar-refractivity contribution >= 4 is 24.0 Å². The van der Waals surface area contributed by atoms with Crippen molar-refractivity contribution in [1.82, 2.24) is 0 Å². The van der Waals surface area contributed by atoms with Gasteiger partial charge in [-0.3, -0.25) is 14.4 Å². The molecule has 0 aromatic carbocycles. The minimum absolute atomic E-state index is 0.0568. The highest BCUT2D eigenvalue weighted by Crippen LogP contribution is 2.74. The number of aliphatic hydroxyl groups excluding tert-OH is 1. The van der Waals surface area contributed by atoms with Gasteiger partial charge >= 0.3 is 11.9 Å². The Hall–Kier alpha value is -1.76. The van der Waals surface area contributed by atoms with E-state index in [1.807, 2.05) is 6.92 Å². The summed E-state index contributed by atoms with van der Waals surface area (Å²) in [7, 11) is 0. The van der Waals surface area contributed by atoms with Crippen LogP contribution in [0.3, 0.4) is 0 Å². The van der Waals surface area contributed by atoms with Gasteiger partial charge in [0.15, 0.2) is 0 Å². The molecule has 0 saturated heterocycles. The van der Waals surface area contributed by atoms with Crippen molar-refractivity contribution in [3.05, 3.63) is 0 Å². The topological polar surface area (TPSA) is 107 Å². The van der Waals surface area contributed by atoms with Gasteiger partial charge in [-0.15, -0.1) is 0 Å². The van der Waals surface area contributed by atoms with Crippen LogP contribution in [0.4, 0.5) is 0 Å². The van der Waals surface area contributed by atoms with Crippen LogP contribution in [0.25, 0.3) is 0 Å². The van der Waals surface area contributed by atoms with Gasteiger partial charge in [-0.2, -0.15) is 0 Å². The first-order valence-corrected chi connectivity index (χ1v) is 16.1. The van der Waals surface area contributed by atoms with Crippen molar-refractivity contribution in [2.24, 2.45) is 51.2 Å². The molecule has 0 aromatic rings. The van der Waals surface area contributed by atoms with Crippen LogP contribution in [0.5, 0.6) is 0 Å². The maximum Gasteiger partial charge on any atom is 0.308 e. The first-order chi connectivity index (χ1) is 19.1. The van der Waals surface area contributed by atoms with E-state index in [1.54, 1.807) is 6.92 Å². The predicted octanol–water partition coefficient (Wildman–Crippen LogP) is 6.08. The van der Waals surface area contributed by atoms with E-state index in [9.17, 15) is 24.3 Å². The van der Waals surface area contributed by atoms with Crippen molar-refractivity contribution in [1.29, 1.82) is 0 Å². The fraction of sp³-hybridized carbons (Fsp3) is 0.882. The summed E-state index contributed by atoms with van der Waals surface area (Å²) < 4.78 is 12.2. The highest BCUT2D eigenvalue weighted by molar-refractivity contribution is 5.83. The summed E-state index contributed by atoms with van der Waals surface area (Å²) >= 11 is 0. The molecule has 0 heterocycles. The Morgan fingerprint density at radius 1 is 0.927 bits per heavy atom. The lowest BCUT2D eigenvalue weighted by Gasteiger charge is -2.71. The predicted molar refractivity (Wildman–Crippen MR) is 156 cm³/mol. The minimum atomic E-state index is -0.820. The van der Waals surface area contributed by atoms with Crippen LogP contribution >= 0.6 is 0 Å². The molecule has 0 radical (unpaired) electrons. The summed E-state index contributed by atoms with van der Waals surface area (Å²) in [5.74, 6) is -1.96. The molecule has 12 atom stereocenters. The average molecular weight is 575 g/mol. The van der Waals surface area contributed by atoms with Crippen LogP contribution < -0.4 is 0 Å². The summed E-state index contributed by atoms with van der Waals surface area (Å²) in [6.45, 7) is 16.3. The Bertz CT molecular complexity index is 1040. The van der Waals surface area contributed by atoms with E-state index in [1.165, 1.54) is 26.7 Å². The third kappa shape index (κ3) is 5.10. The van der Waals surface area contributed by atoms with Crippen molar-refractivity contribution in [3.63, 3.8) is 0 Å². The van der Waals surface area contributed by atoms with Gasteiger partial charge in [0, 0.05) is 18.3 Å². The smallest absolute Gasteiger partial charge is 0.308 e. The van der Waals surface area contributed by atoms with E-state index >= 15 is 0 Å². The number of fused-ring (bicyclic) bond motifs is 5.